The van der Waals surface area contributed by atoms with Crippen molar-refractivity contribution in [3.05, 3.63) is 28.4 Å². The first-order valence-corrected chi connectivity index (χ1v) is 2.88. The highest BCUT2D eigenvalue weighted by Crippen LogP contribution is 2.11. The largest absolute Gasteiger partial charge is 0.630 e. The molecule has 0 unspecified atom stereocenters. The van der Waals surface area contributed by atoms with Gasteiger partial charge in [-0.15, -0.1) is 0 Å². The van der Waals surface area contributed by atoms with Gasteiger partial charge in [0, 0.05) is 6.07 Å². The second-order valence-corrected chi connectivity index (χ2v) is 2.02. The van der Waals surface area contributed by atoms with E-state index in [4.69, 9.17) is 11.6 Å². The van der Waals surface area contributed by atoms with Crippen LogP contribution in [0.15, 0.2) is 12.3 Å². The molecule has 1 rings (SSSR count). The van der Waals surface area contributed by atoms with Crippen molar-refractivity contribution in [3.8, 4) is 0 Å². The van der Waals surface area contributed by atoms with Gasteiger partial charge in [-0.3, -0.25) is 0 Å². The molecular weight excluding hydrogens is 159 g/mol. The summed E-state index contributed by atoms with van der Waals surface area (Å²) in [6, 6.07) is 1.03. The fourth-order valence-corrected chi connectivity index (χ4v) is 0.604. The summed E-state index contributed by atoms with van der Waals surface area (Å²) in [5.41, 5.74) is 0.689. The van der Waals surface area contributed by atoms with Crippen LogP contribution < -0.4 is 5.48 Å². The number of hydrogen-bond acceptors (Lipinski definition) is 2. The van der Waals surface area contributed by atoms with Crippen LogP contribution in [-0.2, 0) is 0 Å². The molecule has 0 spiro atoms. The van der Waals surface area contributed by atoms with Crippen molar-refractivity contribution in [1.82, 2.24) is 4.98 Å². The second-order valence-electron chi connectivity index (χ2n) is 1.66. The van der Waals surface area contributed by atoms with Crippen LogP contribution in [0.1, 0.15) is 0 Å². The molecule has 1 heterocycles. The maximum absolute atomic E-state index is 12.4. The normalized spacial score (nSPS) is 9.90. The third-order valence-electron chi connectivity index (χ3n) is 0.954. The molecule has 0 radical (unpaired) electrons. The topological polar surface area (TPSA) is 52.6 Å². The molecule has 10 heavy (non-hydrogen) atoms. The summed E-state index contributed by atoms with van der Waals surface area (Å²) in [5, 5.41) is 9.80. The number of pyridine rings is 1. The van der Waals surface area contributed by atoms with Crippen molar-refractivity contribution in [2.75, 3.05) is 0 Å². The van der Waals surface area contributed by atoms with Gasteiger partial charge in [0.05, 0.1) is 6.20 Å². The van der Waals surface area contributed by atoms with Crippen molar-refractivity contribution < 1.29 is 9.87 Å². The molecule has 3 nitrogen and oxygen atoms in total. The summed E-state index contributed by atoms with van der Waals surface area (Å²) in [7, 11) is 0. The van der Waals surface area contributed by atoms with E-state index < -0.39 is 5.82 Å². The molecule has 0 aliphatic heterocycles. The lowest BCUT2D eigenvalue weighted by molar-refractivity contribution is -0.497. The summed E-state index contributed by atoms with van der Waals surface area (Å²) >= 11 is 5.24. The first-order chi connectivity index (χ1) is 4.74. The molecule has 0 aromatic carbocycles. The zero-order chi connectivity index (χ0) is 7.56. The number of hydrogen-bond donors (Lipinski definition) is 1. The van der Waals surface area contributed by atoms with Gasteiger partial charge in [-0.05, 0) is 0 Å². The van der Waals surface area contributed by atoms with Crippen LogP contribution in [0.25, 0.3) is 0 Å². The number of aromatic nitrogens is 1. The van der Waals surface area contributed by atoms with E-state index in [1.54, 1.807) is 0 Å². The van der Waals surface area contributed by atoms with Crippen LogP contribution in [0.2, 0.25) is 5.15 Å². The van der Waals surface area contributed by atoms with E-state index in [2.05, 4.69) is 4.98 Å². The first kappa shape index (κ1) is 7.40. The zero-order valence-corrected chi connectivity index (χ0v) is 5.60. The summed E-state index contributed by atoms with van der Waals surface area (Å²) in [6.45, 7) is 0. The minimum atomic E-state index is -0.675. The number of nitrogens with zero attached hydrogens (tertiary/aromatic N) is 1. The Labute approximate surface area is 61.4 Å². The quantitative estimate of drug-likeness (QED) is 0.485. The standard InChI is InChI=1S/C5H4ClFN2O/c6-5-4(7)1-3(9-10)2-8-5/h1-2H,9H2. The van der Waals surface area contributed by atoms with Gasteiger partial charge in [-0.1, -0.05) is 11.6 Å². The van der Waals surface area contributed by atoms with Gasteiger partial charge in [0.1, 0.15) is 0 Å². The van der Waals surface area contributed by atoms with E-state index in [1.807, 2.05) is 0 Å². The molecule has 1 aromatic rings. The first-order valence-electron chi connectivity index (χ1n) is 2.50. The Morgan fingerprint density at radius 3 is 2.90 bits per heavy atom. The Morgan fingerprint density at radius 1 is 1.70 bits per heavy atom. The molecule has 2 N–H and O–H groups in total. The van der Waals surface area contributed by atoms with Gasteiger partial charge >= 0.3 is 0 Å². The molecule has 1 aromatic heterocycles. The van der Waals surface area contributed by atoms with E-state index in [-0.39, 0.29) is 10.8 Å². The summed E-state index contributed by atoms with van der Waals surface area (Å²) in [4.78, 5) is 3.41. The molecule has 5 heteroatoms. The molecule has 0 fully saturated rings. The van der Waals surface area contributed by atoms with E-state index in [0.717, 1.165) is 6.07 Å². The predicted octanol–water partition coefficient (Wildman–Crippen LogP) is 0.567. The Hall–Kier alpha value is -0.710. The van der Waals surface area contributed by atoms with Gasteiger partial charge < -0.3 is 10.7 Å². The van der Waals surface area contributed by atoms with Crippen LogP contribution in [0.4, 0.5) is 10.1 Å². The fourth-order valence-electron chi connectivity index (χ4n) is 0.500. The fraction of sp³-hybridized carbons (Fsp3) is 0. The number of nitrogens with two attached hydrogens (primary N) is 1. The molecule has 0 aliphatic rings. The van der Waals surface area contributed by atoms with Crippen LogP contribution in [0, 0.1) is 11.0 Å². The van der Waals surface area contributed by atoms with Crippen LogP contribution in [0.3, 0.4) is 0 Å². The average molecular weight is 163 g/mol. The van der Waals surface area contributed by atoms with Gasteiger partial charge in [0.2, 0.25) is 0 Å². The van der Waals surface area contributed by atoms with Crippen molar-refractivity contribution in [2.45, 2.75) is 0 Å². The van der Waals surface area contributed by atoms with E-state index in [1.165, 1.54) is 6.20 Å². The third-order valence-corrected chi connectivity index (χ3v) is 1.23. The van der Waals surface area contributed by atoms with Crippen molar-refractivity contribution in [1.29, 1.82) is 0 Å². The molecule has 0 atom stereocenters. The van der Waals surface area contributed by atoms with Gasteiger partial charge in [0.25, 0.3) is 0 Å². The van der Waals surface area contributed by atoms with Crippen molar-refractivity contribution >= 4 is 17.3 Å². The predicted molar refractivity (Wildman–Crippen MR) is 34.2 cm³/mol. The molecule has 0 saturated carbocycles. The lowest BCUT2D eigenvalue weighted by Crippen LogP contribution is -2.70. The van der Waals surface area contributed by atoms with Gasteiger partial charge in [-0.25, -0.2) is 9.37 Å². The molecule has 0 aliphatic carbocycles. The third kappa shape index (κ3) is 1.41. The van der Waals surface area contributed by atoms with Crippen molar-refractivity contribution in [2.24, 2.45) is 0 Å². The lowest BCUT2D eigenvalue weighted by Gasteiger charge is -1.99. The summed E-state index contributed by atoms with van der Waals surface area (Å²) in [5.74, 6) is -0.675. The highest BCUT2D eigenvalue weighted by Gasteiger charge is 2.01. The van der Waals surface area contributed by atoms with E-state index in [0.29, 0.717) is 5.48 Å². The highest BCUT2D eigenvalue weighted by molar-refractivity contribution is 6.29. The molecule has 0 bridgehead atoms. The Kier molecular flexibility index (Phi) is 2.16. The van der Waals surface area contributed by atoms with Gasteiger partial charge in [-0.2, -0.15) is 0 Å². The van der Waals surface area contributed by atoms with Crippen LogP contribution >= 0.6 is 11.6 Å². The van der Waals surface area contributed by atoms with Gasteiger partial charge in [0.15, 0.2) is 16.7 Å². The van der Waals surface area contributed by atoms with Crippen LogP contribution in [0.5, 0.6) is 0 Å². The highest BCUT2D eigenvalue weighted by atomic mass is 35.5. The number of halogens is 2. The Balaban J connectivity index is 3.04. The maximum atomic E-state index is 12.4. The molecular formula is C5H4ClFN2O. The lowest BCUT2D eigenvalue weighted by atomic mass is 10.4. The minimum absolute atomic E-state index is 0.182. The summed E-state index contributed by atoms with van der Waals surface area (Å²) in [6.07, 6.45) is 1.21. The van der Waals surface area contributed by atoms with Crippen molar-refractivity contribution in [3.63, 3.8) is 0 Å². The zero-order valence-electron chi connectivity index (χ0n) is 4.84. The van der Waals surface area contributed by atoms with E-state index >= 15 is 0 Å². The second kappa shape index (κ2) is 2.92. The number of quaternary nitrogens is 1. The smallest absolute Gasteiger partial charge is 0.166 e. The monoisotopic (exact) mass is 162 g/mol. The molecule has 54 valence electrons. The summed E-state index contributed by atoms with van der Waals surface area (Å²) < 4.78 is 12.4. The average Bonchev–Trinajstić information content (AvgIpc) is 1.95. The molecule has 0 saturated heterocycles. The van der Waals surface area contributed by atoms with E-state index in [9.17, 15) is 9.60 Å². The minimum Gasteiger partial charge on any atom is -0.630 e. The Bertz CT molecular complexity index is 243. The number of rotatable bonds is 1. The maximum Gasteiger partial charge on any atom is 0.166 e. The van der Waals surface area contributed by atoms with Crippen LogP contribution in [-0.4, -0.2) is 4.98 Å². The Morgan fingerprint density at radius 2 is 2.40 bits per heavy atom. The SMILES string of the molecule is [O-][NH2+]c1cnc(Cl)c(F)c1. The molecule has 0 amide bonds.